The maximum atomic E-state index is 8.70. The minimum absolute atomic E-state index is 0.0550. The first kappa shape index (κ1) is 11.8. The van der Waals surface area contributed by atoms with E-state index in [-0.39, 0.29) is 12.1 Å². The Morgan fingerprint density at radius 3 is 2.60 bits per heavy atom. The molecule has 0 aliphatic carbocycles. The van der Waals surface area contributed by atoms with Gasteiger partial charge in [0.15, 0.2) is 0 Å². The number of nitriles is 1. The molecule has 0 radical (unpaired) electrons. The van der Waals surface area contributed by atoms with Crippen LogP contribution in [0.1, 0.15) is 19.4 Å². The van der Waals surface area contributed by atoms with E-state index in [1.807, 2.05) is 26.0 Å². The standard InChI is InChI=1S/C11H14ClN3/c1-7(14)8(2)15-10-4-3-9(6-13)11(12)5-10/h3-5,7-8,15H,14H2,1-2H3. The van der Waals surface area contributed by atoms with Crippen LogP contribution >= 0.6 is 11.6 Å². The van der Waals surface area contributed by atoms with E-state index in [2.05, 4.69) is 5.32 Å². The van der Waals surface area contributed by atoms with Gasteiger partial charge in [0.2, 0.25) is 0 Å². The molecule has 2 unspecified atom stereocenters. The maximum Gasteiger partial charge on any atom is 0.101 e. The van der Waals surface area contributed by atoms with E-state index in [4.69, 9.17) is 22.6 Å². The van der Waals surface area contributed by atoms with Gasteiger partial charge in [-0.3, -0.25) is 0 Å². The summed E-state index contributed by atoms with van der Waals surface area (Å²) in [6, 6.07) is 7.48. The molecular formula is C11H14ClN3. The van der Waals surface area contributed by atoms with Gasteiger partial charge in [-0.1, -0.05) is 11.6 Å². The van der Waals surface area contributed by atoms with E-state index in [9.17, 15) is 0 Å². The lowest BCUT2D eigenvalue weighted by Gasteiger charge is -2.18. The van der Waals surface area contributed by atoms with Crippen molar-refractivity contribution in [1.29, 1.82) is 5.26 Å². The van der Waals surface area contributed by atoms with Crippen molar-refractivity contribution in [1.82, 2.24) is 0 Å². The third-order valence-corrected chi connectivity index (χ3v) is 2.59. The SMILES string of the molecule is CC(N)C(C)Nc1ccc(C#N)c(Cl)c1. The van der Waals surface area contributed by atoms with Crippen LogP contribution in [0.5, 0.6) is 0 Å². The molecule has 80 valence electrons. The van der Waals surface area contributed by atoms with Gasteiger partial charge in [-0.25, -0.2) is 0 Å². The van der Waals surface area contributed by atoms with Crippen molar-refractivity contribution < 1.29 is 0 Å². The molecule has 0 saturated carbocycles. The second kappa shape index (κ2) is 5.01. The van der Waals surface area contributed by atoms with E-state index < -0.39 is 0 Å². The number of hydrogen-bond donors (Lipinski definition) is 2. The molecule has 0 aliphatic rings. The van der Waals surface area contributed by atoms with Gasteiger partial charge in [0.1, 0.15) is 6.07 Å². The molecule has 4 heteroatoms. The number of anilines is 1. The van der Waals surface area contributed by atoms with Crippen LogP contribution in [-0.2, 0) is 0 Å². The molecule has 0 heterocycles. The highest BCUT2D eigenvalue weighted by atomic mass is 35.5. The molecule has 1 aromatic carbocycles. The van der Waals surface area contributed by atoms with Gasteiger partial charge < -0.3 is 11.1 Å². The highest BCUT2D eigenvalue weighted by Gasteiger charge is 2.07. The lowest BCUT2D eigenvalue weighted by molar-refractivity contribution is 0.638. The molecule has 3 N–H and O–H groups in total. The number of rotatable bonds is 3. The van der Waals surface area contributed by atoms with E-state index in [0.717, 1.165) is 5.69 Å². The molecule has 0 aliphatic heterocycles. The number of halogens is 1. The summed E-state index contributed by atoms with van der Waals surface area (Å²) in [6.45, 7) is 3.93. The number of nitrogens with zero attached hydrogens (tertiary/aromatic N) is 1. The number of hydrogen-bond acceptors (Lipinski definition) is 3. The zero-order chi connectivity index (χ0) is 11.4. The van der Waals surface area contributed by atoms with Crippen molar-refractivity contribution in [3.63, 3.8) is 0 Å². The summed E-state index contributed by atoms with van der Waals surface area (Å²) in [7, 11) is 0. The highest BCUT2D eigenvalue weighted by Crippen LogP contribution is 2.20. The predicted molar refractivity (Wildman–Crippen MR) is 62.9 cm³/mol. The first-order valence-electron chi connectivity index (χ1n) is 4.76. The van der Waals surface area contributed by atoms with Gasteiger partial charge in [-0.05, 0) is 32.0 Å². The lowest BCUT2D eigenvalue weighted by Crippen LogP contribution is -2.35. The Hall–Kier alpha value is -1.24. The van der Waals surface area contributed by atoms with Crippen molar-refractivity contribution in [2.45, 2.75) is 25.9 Å². The molecule has 3 nitrogen and oxygen atoms in total. The molecule has 0 amide bonds. The van der Waals surface area contributed by atoms with E-state index >= 15 is 0 Å². The molecule has 0 spiro atoms. The summed E-state index contributed by atoms with van der Waals surface area (Å²) < 4.78 is 0. The van der Waals surface area contributed by atoms with Crippen molar-refractivity contribution >= 4 is 17.3 Å². The van der Waals surface area contributed by atoms with Crippen LogP contribution in [0.4, 0.5) is 5.69 Å². The van der Waals surface area contributed by atoms with E-state index in [0.29, 0.717) is 10.6 Å². The Kier molecular flexibility index (Phi) is 3.96. The Bertz CT molecular complexity index is 382. The van der Waals surface area contributed by atoms with Gasteiger partial charge in [-0.2, -0.15) is 5.26 Å². The van der Waals surface area contributed by atoms with Gasteiger partial charge in [0, 0.05) is 17.8 Å². The summed E-state index contributed by atoms with van der Waals surface area (Å²) in [4.78, 5) is 0. The van der Waals surface area contributed by atoms with Crippen LogP contribution in [0.15, 0.2) is 18.2 Å². The molecule has 0 saturated heterocycles. The molecule has 0 aromatic heterocycles. The zero-order valence-electron chi connectivity index (χ0n) is 8.79. The largest absolute Gasteiger partial charge is 0.381 e. The minimum atomic E-state index is 0.0550. The summed E-state index contributed by atoms with van der Waals surface area (Å²) in [5, 5.41) is 12.4. The van der Waals surface area contributed by atoms with Crippen LogP contribution in [0.3, 0.4) is 0 Å². The zero-order valence-corrected chi connectivity index (χ0v) is 9.55. The van der Waals surface area contributed by atoms with Gasteiger partial charge >= 0.3 is 0 Å². The topological polar surface area (TPSA) is 61.8 Å². The molecule has 1 rings (SSSR count). The van der Waals surface area contributed by atoms with Crippen LogP contribution in [-0.4, -0.2) is 12.1 Å². The Labute approximate surface area is 94.8 Å². The second-order valence-electron chi connectivity index (χ2n) is 3.60. The summed E-state index contributed by atoms with van der Waals surface area (Å²) >= 11 is 5.90. The maximum absolute atomic E-state index is 8.70. The fourth-order valence-corrected chi connectivity index (χ4v) is 1.31. The number of nitrogens with one attached hydrogen (secondary N) is 1. The van der Waals surface area contributed by atoms with Crippen LogP contribution in [0.2, 0.25) is 5.02 Å². The summed E-state index contributed by atoms with van der Waals surface area (Å²) in [5.74, 6) is 0. The monoisotopic (exact) mass is 223 g/mol. The molecule has 0 bridgehead atoms. The number of nitrogens with two attached hydrogens (primary N) is 1. The quantitative estimate of drug-likeness (QED) is 0.827. The Balaban J connectivity index is 2.81. The highest BCUT2D eigenvalue weighted by molar-refractivity contribution is 6.32. The van der Waals surface area contributed by atoms with E-state index in [1.54, 1.807) is 12.1 Å². The van der Waals surface area contributed by atoms with Crippen molar-refractivity contribution in [2.75, 3.05) is 5.32 Å². The molecular weight excluding hydrogens is 210 g/mol. The molecule has 15 heavy (non-hydrogen) atoms. The fourth-order valence-electron chi connectivity index (χ4n) is 1.09. The summed E-state index contributed by atoms with van der Waals surface area (Å²) in [6.07, 6.45) is 0. The molecule has 2 atom stereocenters. The molecule has 0 fully saturated rings. The third-order valence-electron chi connectivity index (χ3n) is 2.27. The smallest absolute Gasteiger partial charge is 0.101 e. The lowest BCUT2D eigenvalue weighted by atomic mass is 10.1. The number of benzene rings is 1. The van der Waals surface area contributed by atoms with Crippen LogP contribution in [0.25, 0.3) is 0 Å². The van der Waals surface area contributed by atoms with Crippen LogP contribution < -0.4 is 11.1 Å². The van der Waals surface area contributed by atoms with Gasteiger partial charge in [-0.15, -0.1) is 0 Å². The average molecular weight is 224 g/mol. The first-order valence-corrected chi connectivity index (χ1v) is 5.14. The minimum Gasteiger partial charge on any atom is -0.381 e. The Morgan fingerprint density at radius 1 is 1.47 bits per heavy atom. The first-order chi connectivity index (χ1) is 7.04. The predicted octanol–water partition coefficient (Wildman–Crippen LogP) is 2.36. The van der Waals surface area contributed by atoms with Crippen LogP contribution in [0, 0.1) is 11.3 Å². The Morgan fingerprint density at radius 2 is 2.13 bits per heavy atom. The average Bonchev–Trinajstić information content (AvgIpc) is 2.18. The van der Waals surface area contributed by atoms with E-state index in [1.165, 1.54) is 0 Å². The second-order valence-corrected chi connectivity index (χ2v) is 4.01. The third kappa shape index (κ3) is 3.12. The van der Waals surface area contributed by atoms with Crippen molar-refractivity contribution in [2.24, 2.45) is 5.73 Å². The van der Waals surface area contributed by atoms with Crippen molar-refractivity contribution in [3.8, 4) is 6.07 Å². The van der Waals surface area contributed by atoms with Crippen molar-refractivity contribution in [3.05, 3.63) is 28.8 Å². The fraction of sp³-hybridized carbons (Fsp3) is 0.364. The van der Waals surface area contributed by atoms with Gasteiger partial charge in [0.05, 0.1) is 10.6 Å². The molecule has 1 aromatic rings. The van der Waals surface area contributed by atoms with Gasteiger partial charge in [0.25, 0.3) is 0 Å². The summed E-state index contributed by atoms with van der Waals surface area (Å²) in [5.41, 5.74) is 7.09. The normalized spacial score (nSPS) is 14.1.